The Labute approximate surface area is 72.0 Å². The number of aliphatic hydroxyl groups excluding tert-OH is 1. The van der Waals surface area contributed by atoms with Crippen molar-refractivity contribution in [1.29, 1.82) is 0 Å². The molecule has 0 amide bonds. The lowest BCUT2D eigenvalue weighted by atomic mass is 10.2. The van der Waals surface area contributed by atoms with Crippen molar-refractivity contribution < 1.29 is 5.11 Å². The molecule has 3 nitrogen and oxygen atoms in total. The van der Waals surface area contributed by atoms with E-state index < -0.39 is 6.10 Å². The summed E-state index contributed by atoms with van der Waals surface area (Å²) in [5, 5.41) is 13.4. The van der Waals surface area contributed by atoms with E-state index in [0.717, 1.165) is 18.0 Å². The van der Waals surface area contributed by atoms with Gasteiger partial charge in [-0.2, -0.15) is 5.10 Å². The number of aromatic nitrogens is 2. The van der Waals surface area contributed by atoms with Crippen molar-refractivity contribution >= 4 is 0 Å². The molecule has 0 aliphatic heterocycles. The van der Waals surface area contributed by atoms with E-state index in [9.17, 15) is 5.11 Å². The van der Waals surface area contributed by atoms with Crippen LogP contribution in [0.5, 0.6) is 0 Å². The molecule has 1 N–H and O–H groups in total. The summed E-state index contributed by atoms with van der Waals surface area (Å²) < 4.78 is 1.93. The number of nitrogens with zero attached hydrogens (tertiary/aromatic N) is 2. The van der Waals surface area contributed by atoms with Crippen molar-refractivity contribution in [2.45, 2.75) is 32.4 Å². The third-order valence-corrected chi connectivity index (χ3v) is 2.28. The Balaban J connectivity index is 2.02. The van der Waals surface area contributed by atoms with E-state index in [-0.39, 0.29) is 0 Å². The molecular formula is C9H14N2O. The van der Waals surface area contributed by atoms with Gasteiger partial charge in [-0.3, -0.25) is 4.68 Å². The first-order valence-corrected chi connectivity index (χ1v) is 4.46. The molecule has 2 rings (SSSR count). The first-order valence-electron chi connectivity index (χ1n) is 4.46. The number of aliphatic hydroxyl groups is 1. The van der Waals surface area contributed by atoms with Gasteiger partial charge in [-0.1, -0.05) is 0 Å². The van der Waals surface area contributed by atoms with Gasteiger partial charge in [0.05, 0.1) is 12.3 Å². The summed E-state index contributed by atoms with van der Waals surface area (Å²) >= 11 is 0. The van der Waals surface area contributed by atoms with Crippen LogP contribution in [-0.4, -0.2) is 14.9 Å². The summed E-state index contributed by atoms with van der Waals surface area (Å²) in [7, 11) is 0. The van der Waals surface area contributed by atoms with Gasteiger partial charge in [0.1, 0.15) is 0 Å². The molecule has 3 heteroatoms. The van der Waals surface area contributed by atoms with Crippen molar-refractivity contribution in [3.8, 4) is 0 Å². The fraction of sp³-hybridized carbons (Fsp3) is 0.667. The van der Waals surface area contributed by atoms with Crippen LogP contribution < -0.4 is 0 Å². The molecule has 0 bridgehead atoms. The lowest BCUT2D eigenvalue weighted by molar-refractivity contribution is 0.199. The first kappa shape index (κ1) is 7.80. The zero-order valence-electron chi connectivity index (χ0n) is 7.27. The summed E-state index contributed by atoms with van der Waals surface area (Å²) in [5.41, 5.74) is 0.913. The third-order valence-electron chi connectivity index (χ3n) is 2.28. The summed E-state index contributed by atoms with van der Waals surface area (Å²) in [4.78, 5) is 0. The zero-order valence-corrected chi connectivity index (χ0v) is 7.27. The van der Waals surface area contributed by atoms with Crippen LogP contribution in [0.25, 0.3) is 0 Å². The minimum atomic E-state index is -0.391. The van der Waals surface area contributed by atoms with Gasteiger partial charge in [-0.05, 0) is 25.7 Å². The highest BCUT2D eigenvalue weighted by atomic mass is 16.3. The zero-order chi connectivity index (χ0) is 8.55. The SMILES string of the molecule is CC(O)c1cnn(CC2CC2)c1. The smallest absolute Gasteiger partial charge is 0.0792 e. The van der Waals surface area contributed by atoms with Crippen molar-refractivity contribution in [1.82, 2.24) is 9.78 Å². The summed E-state index contributed by atoms with van der Waals surface area (Å²) in [6.45, 7) is 2.78. The minimum Gasteiger partial charge on any atom is -0.389 e. The molecule has 1 fully saturated rings. The van der Waals surface area contributed by atoms with Crippen molar-refractivity contribution in [2.75, 3.05) is 0 Å². The molecule has 1 aromatic rings. The lowest BCUT2D eigenvalue weighted by Gasteiger charge is -1.98. The highest BCUT2D eigenvalue weighted by molar-refractivity contribution is 5.06. The van der Waals surface area contributed by atoms with E-state index >= 15 is 0 Å². The molecule has 12 heavy (non-hydrogen) atoms. The van der Waals surface area contributed by atoms with E-state index in [1.807, 2.05) is 10.9 Å². The van der Waals surface area contributed by atoms with Crippen LogP contribution in [0.1, 0.15) is 31.4 Å². The second-order valence-electron chi connectivity index (χ2n) is 3.62. The molecule has 0 saturated heterocycles. The normalized spacial score (nSPS) is 19.5. The van der Waals surface area contributed by atoms with Crippen LogP contribution in [0.15, 0.2) is 12.4 Å². The average molecular weight is 166 g/mol. The van der Waals surface area contributed by atoms with E-state index in [1.54, 1.807) is 13.1 Å². The number of hydrogen-bond acceptors (Lipinski definition) is 2. The van der Waals surface area contributed by atoms with Gasteiger partial charge in [-0.15, -0.1) is 0 Å². The Morgan fingerprint density at radius 3 is 3.00 bits per heavy atom. The lowest BCUT2D eigenvalue weighted by Crippen LogP contribution is -1.99. The van der Waals surface area contributed by atoms with Crippen molar-refractivity contribution in [3.05, 3.63) is 18.0 Å². The van der Waals surface area contributed by atoms with Gasteiger partial charge in [0.25, 0.3) is 0 Å². The van der Waals surface area contributed by atoms with Crippen LogP contribution in [-0.2, 0) is 6.54 Å². The van der Waals surface area contributed by atoms with Crippen LogP contribution in [0.3, 0.4) is 0 Å². The van der Waals surface area contributed by atoms with Crippen molar-refractivity contribution in [2.24, 2.45) is 5.92 Å². The molecule has 1 saturated carbocycles. The molecule has 1 atom stereocenters. The minimum absolute atomic E-state index is 0.391. The molecule has 66 valence electrons. The van der Waals surface area contributed by atoms with Crippen molar-refractivity contribution in [3.63, 3.8) is 0 Å². The molecule has 1 unspecified atom stereocenters. The highest BCUT2D eigenvalue weighted by Gasteiger charge is 2.22. The topological polar surface area (TPSA) is 38.1 Å². The van der Waals surface area contributed by atoms with Gasteiger partial charge in [-0.25, -0.2) is 0 Å². The van der Waals surface area contributed by atoms with Crippen LogP contribution >= 0.6 is 0 Å². The molecule has 1 aliphatic rings. The number of rotatable bonds is 3. The predicted molar refractivity (Wildman–Crippen MR) is 45.6 cm³/mol. The highest BCUT2D eigenvalue weighted by Crippen LogP contribution is 2.30. The molecule has 0 aromatic carbocycles. The largest absolute Gasteiger partial charge is 0.389 e. The Bertz CT molecular complexity index is 263. The summed E-state index contributed by atoms with van der Waals surface area (Å²) in [6, 6.07) is 0. The van der Waals surface area contributed by atoms with Gasteiger partial charge in [0.15, 0.2) is 0 Å². The maximum absolute atomic E-state index is 9.23. The fourth-order valence-electron chi connectivity index (χ4n) is 1.26. The van der Waals surface area contributed by atoms with E-state index in [4.69, 9.17) is 0 Å². The van der Waals surface area contributed by atoms with Gasteiger partial charge >= 0.3 is 0 Å². The molecule has 1 aromatic heterocycles. The fourth-order valence-corrected chi connectivity index (χ4v) is 1.26. The molecule has 1 aliphatic carbocycles. The van der Waals surface area contributed by atoms with Crippen LogP contribution in [0.4, 0.5) is 0 Å². The Morgan fingerprint density at radius 1 is 1.75 bits per heavy atom. The second-order valence-corrected chi connectivity index (χ2v) is 3.62. The second kappa shape index (κ2) is 2.90. The van der Waals surface area contributed by atoms with E-state index in [0.29, 0.717) is 0 Å². The summed E-state index contributed by atoms with van der Waals surface area (Å²) in [5.74, 6) is 0.840. The first-order chi connectivity index (χ1) is 5.75. The van der Waals surface area contributed by atoms with Crippen LogP contribution in [0, 0.1) is 5.92 Å². The average Bonchev–Trinajstić information content (AvgIpc) is 2.66. The Kier molecular flexibility index (Phi) is 1.89. The molecule has 0 spiro atoms. The van der Waals surface area contributed by atoms with Gasteiger partial charge in [0.2, 0.25) is 0 Å². The maximum atomic E-state index is 9.23. The molecule has 0 radical (unpaired) electrons. The summed E-state index contributed by atoms with van der Waals surface area (Å²) in [6.07, 6.45) is 5.96. The van der Waals surface area contributed by atoms with E-state index in [1.165, 1.54) is 12.8 Å². The molecular weight excluding hydrogens is 152 g/mol. The predicted octanol–water partition coefficient (Wildman–Crippen LogP) is 1.35. The number of hydrogen-bond donors (Lipinski definition) is 1. The monoisotopic (exact) mass is 166 g/mol. The standard InChI is InChI=1S/C9H14N2O/c1-7(12)9-4-10-11(6-9)5-8-2-3-8/h4,6-8,12H,2-3,5H2,1H3. The molecule has 1 heterocycles. The maximum Gasteiger partial charge on any atom is 0.0792 e. The third kappa shape index (κ3) is 1.67. The Hall–Kier alpha value is -0.830. The Morgan fingerprint density at radius 2 is 2.50 bits per heavy atom. The quantitative estimate of drug-likeness (QED) is 0.736. The van der Waals surface area contributed by atoms with Crippen LogP contribution in [0.2, 0.25) is 0 Å². The van der Waals surface area contributed by atoms with Gasteiger partial charge in [0, 0.05) is 18.3 Å². The van der Waals surface area contributed by atoms with Gasteiger partial charge < -0.3 is 5.11 Å². The van der Waals surface area contributed by atoms with E-state index in [2.05, 4.69) is 5.10 Å².